The van der Waals surface area contributed by atoms with E-state index in [2.05, 4.69) is 25.6 Å². The van der Waals surface area contributed by atoms with E-state index < -0.39 is 4.92 Å². The number of anilines is 1. The number of nitro groups is 1. The van der Waals surface area contributed by atoms with Gasteiger partial charge < -0.3 is 5.32 Å². The van der Waals surface area contributed by atoms with Crippen molar-refractivity contribution >= 4 is 17.2 Å². The van der Waals surface area contributed by atoms with Crippen LogP contribution < -0.4 is 5.32 Å². The molecular formula is C13H13N7O2. The third-order valence-corrected chi connectivity index (χ3v) is 3.14. The van der Waals surface area contributed by atoms with Crippen LogP contribution in [0.2, 0.25) is 0 Å². The molecule has 0 aromatic carbocycles. The van der Waals surface area contributed by atoms with E-state index in [0.29, 0.717) is 29.5 Å². The molecule has 3 heterocycles. The third kappa shape index (κ3) is 2.55. The van der Waals surface area contributed by atoms with Gasteiger partial charge in [0.25, 0.3) is 5.69 Å². The number of hydrogen-bond acceptors (Lipinski definition) is 7. The fraction of sp³-hybridized carbons (Fsp3) is 0.231. The Kier molecular flexibility index (Phi) is 3.37. The predicted octanol–water partition coefficient (Wildman–Crippen LogP) is 1.66. The smallest absolute Gasteiger partial charge is 0.290 e. The molecule has 3 aromatic rings. The van der Waals surface area contributed by atoms with E-state index in [-0.39, 0.29) is 5.69 Å². The van der Waals surface area contributed by atoms with Crippen LogP contribution >= 0.6 is 0 Å². The molecule has 0 amide bonds. The molecule has 0 radical (unpaired) electrons. The molecule has 9 heteroatoms. The van der Waals surface area contributed by atoms with Gasteiger partial charge in [-0.05, 0) is 32.0 Å². The number of pyridine rings is 1. The zero-order chi connectivity index (χ0) is 15.7. The first kappa shape index (κ1) is 13.9. The van der Waals surface area contributed by atoms with Crippen LogP contribution in [0, 0.1) is 24.0 Å². The molecule has 0 bridgehead atoms. The molecule has 0 spiro atoms. The highest BCUT2D eigenvalue weighted by Gasteiger charge is 2.12. The van der Waals surface area contributed by atoms with Crippen molar-refractivity contribution in [3.63, 3.8) is 0 Å². The molecule has 1 N–H and O–H groups in total. The molecule has 0 aliphatic heterocycles. The first-order valence-corrected chi connectivity index (χ1v) is 6.58. The molecule has 0 fully saturated rings. The molecule has 112 valence electrons. The maximum atomic E-state index is 10.8. The van der Waals surface area contributed by atoms with Gasteiger partial charge in [0.15, 0.2) is 11.5 Å². The van der Waals surface area contributed by atoms with Crippen molar-refractivity contribution in [2.75, 3.05) is 5.32 Å². The van der Waals surface area contributed by atoms with E-state index in [4.69, 9.17) is 0 Å². The van der Waals surface area contributed by atoms with Crippen molar-refractivity contribution in [3.05, 3.63) is 51.6 Å². The average Bonchev–Trinajstić information content (AvgIpc) is 2.87. The summed E-state index contributed by atoms with van der Waals surface area (Å²) in [4.78, 5) is 14.5. The van der Waals surface area contributed by atoms with Gasteiger partial charge in [0.1, 0.15) is 11.5 Å². The second-order valence-electron chi connectivity index (χ2n) is 4.77. The monoisotopic (exact) mass is 299 g/mol. The van der Waals surface area contributed by atoms with Gasteiger partial charge in [-0.25, -0.2) is 4.98 Å². The Labute approximate surface area is 125 Å². The Balaban J connectivity index is 1.81. The number of nitrogens with zero attached hydrogens (tertiary/aromatic N) is 6. The van der Waals surface area contributed by atoms with Crippen molar-refractivity contribution in [2.24, 2.45) is 0 Å². The molecule has 3 aromatic heterocycles. The van der Waals surface area contributed by atoms with Crippen molar-refractivity contribution in [1.29, 1.82) is 0 Å². The fourth-order valence-corrected chi connectivity index (χ4v) is 2.05. The van der Waals surface area contributed by atoms with Crippen LogP contribution in [0.25, 0.3) is 5.65 Å². The number of fused-ring (bicyclic) bond motifs is 1. The maximum absolute atomic E-state index is 10.8. The minimum absolute atomic E-state index is 0.00392. The lowest BCUT2D eigenvalue weighted by Crippen LogP contribution is -2.08. The summed E-state index contributed by atoms with van der Waals surface area (Å²) in [7, 11) is 0. The summed E-state index contributed by atoms with van der Waals surface area (Å²) in [5, 5.41) is 26.3. The molecule has 0 aliphatic rings. The number of aryl methyl sites for hydroxylation is 2. The molecular weight excluding hydrogens is 286 g/mol. The van der Waals surface area contributed by atoms with Gasteiger partial charge in [0, 0.05) is 6.07 Å². The molecule has 0 aliphatic carbocycles. The highest BCUT2D eigenvalue weighted by molar-refractivity contribution is 5.45. The zero-order valence-electron chi connectivity index (χ0n) is 12.0. The van der Waals surface area contributed by atoms with E-state index in [1.54, 1.807) is 17.5 Å². The lowest BCUT2D eigenvalue weighted by molar-refractivity contribution is -0.385. The second kappa shape index (κ2) is 5.35. The molecule has 0 saturated heterocycles. The van der Waals surface area contributed by atoms with Gasteiger partial charge in [-0.15, -0.1) is 10.2 Å². The van der Waals surface area contributed by atoms with Gasteiger partial charge in [0.2, 0.25) is 0 Å². The van der Waals surface area contributed by atoms with Crippen LogP contribution in [-0.2, 0) is 6.54 Å². The second-order valence-corrected chi connectivity index (χ2v) is 4.77. The summed E-state index contributed by atoms with van der Waals surface area (Å²) in [5.74, 6) is 1.17. The van der Waals surface area contributed by atoms with Crippen LogP contribution in [0.15, 0.2) is 24.3 Å². The molecule has 0 saturated carbocycles. The van der Waals surface area contributed by atoms with Gasteiger partial charge >= 0.3 is 0 Å². The number of rotatable bonds is 4. The number of hydrogen-bond donors (Lipinski definition) is 1. The first-order valence-electron chi connectivity index (χ1n) is 6.58. The summed E-state index contributed by atoms with van der Waals surface area (Å²) in [6.07, 6.45) is 0. The Bertz CT molecular complexity index is 859. The van der Waals surface area contributed by atoms with Crippen LogP contribution in [-0.4, -0.2) is 29.7 Å². The van der Waals surface area contributed by atoms with Crippen LogP contribution in [0.4, 0.5) is 11.5 Å². The lowest BCUT2D eigenvalue weighted by Gasteiger charge is -2.05. The summed E-state index contributed by atoms with van der Waals surface area (Å²) in [5.41, 5.74) is 1.87. The lowest BCUT2D eigenvalue weighted by atomic mass is 10.3. The molecule has 0 unspecified atom stereocenters. The SMILES string of the molecule is Cc1ccc2nnc(CNc3ccc([N+](=O)[O-])c(C)n3)n2n1. The first-order chi connectivity index (χ1) is 10.5. The van der Waals surface area contributed by atoms with E-state index in [1.165, 1.54) is 6.07 Å². The van der Waals surface area contributed by atoms with Gasteiger partial charge in [-0.3, -0.25) is 10.1 Å². The summed E-state index contributed by atoms with van der Waals surface area (Å²) in [6, 6.07) is 6.69. The Morgan fingerprint density at radius 1 is 1.23 bits per heavy atom. The zero-order valence-corrected chi connectivity index (χ0v) is 12.0. The fourth-order valence-electron chi connectivity index (χ4n) is 2.05. The topological polar surface area (TPSA) is 111 Å². The van der Waals surface area contributed by atoms with Crippen molar-refractivity contribution < 1.29 is 4.92 Å². The minimum Gasteiger partial charge on any atom is -0.363 e. The van der Waals surface area contributed by atoms with Crippen molar-refractivity contribution in [1.82, 2.24) is 24.8 Å². The molecule has 22 heavy (non-hydrogen) atoms. The van der Waals surface area contributed by atoms with Crippen molar-refractivity contribution in [3.8, 4) is 0 Å². The quantitative estimate of drug-likeness (QED) is 0.576. The molecule has 9 nitrogen and oxygen atoms in total. The summed E-state index contributed by atoms with van der Waals surface area (Å²) < 4.78 is 1.65. The number of nitrogens with one attached hydrogen (secondary N) is 1. The van der Waals surface area contributed by atoms with Gasteiger partial charge in [0.05, 0.1) is 17.2 Å². The van der Waals surface area contributed by atoms with Gasteiger partial charge in [-0.2, -0.15) is 9.61 Å². The van der Waals surface area contributed by atoms with Crippen LogP contribution in [0.1, 0.15) is 17.2 Å². The standard InChI is InChI=1S/C13H13N7O2/c1-8-3-6-12-16-17-13(19(12)18-8)7-14-11-5-4-10(20(21)22)9(2)15-11/h3-6H,7H2,1-2H3,(H,14,15). The van der Waals surface area contributed by atoms with Crippen molar-refractivity contribution in [2.45, 2.75) is 20.4 Å². The van der Waals surface area contributed by atoms with E-state index in [0.717, 1.165) is 5.69 Å². The predicted molar refractivity (Wildman–Crippen MR) is 78.5 cm³/mol. The summed E-state index contributed by atoms with van der Waals surface area (Å²) in [6.45, 7) is 3.85. The van der Waals surface area contributed by atoms with E-state index in [9.17, 15) is 10.1 Å². The van der Waals surface area contributed by atoms with E-state index in [1.807, 2.05) is 19.1 Å². The van der Waals surface area contributed by atoms with E-state index >= 15 is 0 Å². The number of aromatic nitrogens is 5. The van der Waals surface area contributed by atoms with Crippen LogP contribution in [0.3, 0.4) is 0 Å². The Morgan fingerprint density at radius 3 is 2.77 bits per heavy atom. The molecule has 3 rings (SSSR count). The Morgan fingerprint density at radius 2 is 2.05 bits per heavy atom. The highest BCUT2D eigenvalue weighted by atomic mass is 16.6. The van der Waals surface area contributed by atoms with Gasteiger partial charge in [-0.1, -0.05) is 0 Å². The maximum Gasteiger partial charge on any atom is 0.290 e. The molecule has 0 atom stereocenters. The summed E-state index contributed by atoms with van der Waals surface area (Å²) >= 11 is 0. The Hall–Kier alpha value is -3.10. The highest BCUT2D eigenvalue weighted by Crippen LogP contribution is 2.18. The largest absolute Gasteiger partial charge is 0.363 e. The normalized spacial score (nSPS) is 10.8. The third-order valence-electron chi connectivity index (χ3n) is 3.14. The minimum atomic E-state index is -0.454. The average molecular weight is 299 g/mol. The van der Waals surface area contributed by atoms with Crippen LogP contribution in [0.5, 0.6) is 0 Å².